The summed E-state index contributed by atoms with van der Waals surface area (Å²) in [6, 6.07) is -3.37. The van der Waals surface area contributed by atoms with Crippen molar-refractivity contribution in [3.05, 3.63) is 122 Å². The molecule has 2 fully saturated rings. The summed E-state index contributed by atoms with van der Waals surface area (Å²) >= 11 is 14.1. The molecule has 0 radical (unpaired) electrons. The normalized spacial score (nSPS) is 30.2. The SMILES string of the molecule is CN[C@H](CC(C)C)C(=O)N[C@H]1C(=O)N[C@@H](CC(N)=O)C(=O)N[C@H]2C(=O)N[C@H]3C(=O)N[C@H](C(=O)N[C@@H](C(=O)O)C4=C(C(O)=CC(=O)C4=O)c4cc3ccc4O)[C@H](O)c3ccc(c(Cl)c3)Oc3cc2cc(c3O[C@H]2O[C@H](CO)[C@H](O)[C@H](O)[C@H]2O[C@H]2C[C@H](C)[C@@H](O)[C@@](C)(N)C2)Oc2ccc(cc2Cl)[C@H]1O. The van der Waals surface area contributed by atoms with Gasteiger partial charge in [0.15, 0.2) is 17.5 Å². The van der Waals surface area contributed by atoms with E-state index in [-0.39, 0.29) is 47.1 Å². The van der Waals surface area contributed by atoms with Gasteiger partial charge in [0.2, 0.25) is 65.0 Å². The maximum absolute atomic E-state index is 16.0. The molecule has 18 atom stereocenters. The van der Waals surface area contributed by atoms with Gasteiger partial charge in [-0.2, -0.15) is 0 Å². The summed E-state index contributed by atoms with van der Waals surface area (Å²) in [4.78, 5) is 144. The van der Waals surface area contributed by atoms with Crippen molar-refractivity contribution < 1.29 is 118 Å². The van der Waals surface area contributed by atoms with Gasteiger partial charge in [0.25, 0.3) is 0 Å². The Labute approximate surface area is 589 Å². The summed E-state index contributed by atoms with van der Waals surface area (Å²) in [5.41, 5.74) is 6.88. The van der Waals surface area contributed by atoms with Crippen LogP contribution in [0.5, 0.6) is 34.5 Å². The molecule has 4 aromatic rings. The van der Waals surface area contributed by atoms with E-state index in [2.05, 4.69) is 31.9 Å². The first-order valence-corrected chi connectivity index (χ1v) is 32.8. The predicted molar refractivity (Wildman–Crippen MR) is 352 cm³/mol. The number of aliphatic hydroxyl groups is 7. The average Bonchev–Trinajstić information content (AvgIpc) is 0.757. The van der Waals surface area contributed by atoms with Gasteiger partial charge >= 0.3 is 5.97 Å². The second-order valence-electron chi connectivity index (χ2n) is 26.4. The lowest BCUT2D eigenvalue weighted by atomic mass is 9.74. The minimum Gasteiger partial charge on any atom is -0.507 e. The van der Waals surface area contributed by atoms with Crippen LogP contribution in [0.3, 0.4) is 0 Å². The molecule has 1 saturated carbocycles. The number of halogens is 2. The number of phenolic OH excluding ortho intramolecular Hbond substituents is 1. The number of fused-ring (bicyclic) bond motifs is 14. The first-order chi connectivity index (χ1) is 48.1. The third-order valence-corrected chi connectivity index (χ3v) is 18.9. The Morgan fingerprint density at radius 2 is 1.34 bits per heavy atom. The number of likely N-dealkylation sites (N-methyl/N-ethyl adjacent to an activating group) is 1. The van der Waals surface area contributed by atoms with Gasteiger partial charge in [-0.25, -0.2) is 4.79 Å². The molecule has 1 saturated heterocycles. The third-order valence-electron chi connectivity index (χ3n) is 18.3. The number of nitrogens with two attached hydrogens (primary N) is 2. The number of Topliss-reactive ketones (excluding diaryl/α,β-unsaturated/α-hetero) is 1. The Morgan fingerprint density at radius 3 is 1.92 bits per heavy atom. The van der Waals surface area contributed by atoms with E-state index >= 15 is 14.4 Å². The Hall–Kier alpha value is -9.36. The number of carbonyl (C=O) groups excluding carboxylic acids is 9. The van der Waals surface area contributed by atoms with Crippen molar-refractivity contribution in [1.82, 2.24) is 37.2 Å². The largest absolute Gasteiger partial charge is 0.507 e. The number of amides is 7. The fraction of sp³-hybridized carbons (Fsp3) is 0.433. The van der Waals surface area contributed by atoms with Crippen LogP contribution in [-0.4, -0.2) is 197 Å². The molecule has 546 valence electrons. The zero-order valence-electron chi connectivity index (χ0n) is 54.9. The van der Waals surface area contributed by atoms with Crippen molar-refractivity contribution in [1.29, 1.82) is 0 Å². The molecule has 0 aromatic heterocycles. The smallest absolute Gasteiger partial charge is 0.331 e. The van der Waals surface area contributed by atoms with Crippen molar-refractivity contribution in [2.45, 2.75) is 156 Å². The van der Waals surface area contributed by atoms with Crippen LogP contribution in [0.1, 0.15) is 105 Å². The van der Waals surface area contributed by atoms with Gasteiger partial charge in [-0.1, -0.05) is 62.2 Å². The van der Waals surface area contributed by atoms with E-state index in [1.807, 2.05) is 19.2 Å². The van der Waals surface area contributed by atoms with Crippen LogP contribution >= 0.6 is 23.2 Å². The molecule has 6 heterocycles. The second-order valence-corrected chi connectivity index (χ2v) is 27.2. The quantitative estimate of drug-likeness (QED) is 0.0585. The summed E-state index contributed by atoms with van der Waals surface area (Å²) in [6.45, 7) is 5.94. The summed E-state index contributed by atoms with van der Waals surface area (Å²) < 4.78 is 32.6. The molecule has 35 heteroatoms. The fourth-order valence-electron chi connectivity index (χ4n) is 13.1. The molecule has 6 aliphatic heterocycles. The molecule has 102 heavy (non-hydrogen) atoms. The minimum absolute atomic E-state index is 0.0353. The monoisotopic (exact) mass is 1460 g/mol. The molecule has 11 bridgehead atoms. The molecule has 2 aliphatic carbocycles. The summed E-state index contributed by atoms with van der Waals surface area (Å²) in [7, 11) is 1.47. The van der Waals surface area contributed by atoms with E-state index < -0.39 is 248 Å². The van der Waals surface area contributed by atoms with Gasteiger partial charge in [0.05, 0.1) is 41.3 Å². The van der Waals surface area contributed by atoms with E-state index in [9.17, 15) is 79.5 Å². The van der Waals surface area contributed by atoms with Crippen LogP contribution < -0.4 is 62.9 Å². The number of ketones is 2. The van der Waals surface area contributed by atoms with Gasteiger partial charge in [0, 0.05) is 28.3 Å². The molecule has 7 amide bonds. The highest BCUT2D eigenvalue weighted by molar-refractivity contribution is 6.51. The molecule has 33 nitrogen and oxygen atoms in total. The Balaban J connectivity index is 1.24. The molecule has 8 aliphatic rings. The Bertz CT molecular complexity index is 4130. The molecule has 4 aromatic carbocycles. The number of aliphatic hydroxyl groups excluding tert-OH is 7. The maximum Gasteiger partial charge on any atom is 0.331 e. The number of rotatable bonds is 13. The number of ether oxygens (including phenoxy) is 5. The van der Waals surface area contributed by atoms with E-state index in [4.69, 9.17) is 58.4 Å². The minimum atomic E-state index is -2.60. The van der Waals surface area contributed by atoms with Gasteiger partial charge < -0.3 is 118 Å². The Kier molecular flexibility index (Phi) is 22.4. The van der Waals surface area contributed by atoms with Crippen molar-refractivity contribution in [2.24, 2.45) is 23.3 Å². The highest BCUT2D eigenvalue weighted by Gasteiger charge is 2.51. The van der Waals surface area contributed by atoms with Gasteiger partial charge in [-0.15, -0.1) is 0 Å². The van der Waals surface area contributed by atoms with Gasteiger partial charge in [-0.3, -0.25) is 43.2 Å². The standard InChI is InChI=1S/C67H75Cl2N9O24/c1-23(2)12-33(72-5)59(90)77-49-51(84)26-7-10-38(31(68)15-26)99-40-17-28-18-41(56(40)102-66-57(55(88)54(87)42(22-79)101-66)98-29-13-24(3)58(89)67(4,71)21-29)100-39-11-8-27(16-32(39)69)52(85)50-64(95)76-48(65(96)97)45-44(36(81)20-37(82)53(45)86)30-14-25(6-9-35(30)80)46(61(92)78-50)75-62(93)47(28)74-60(91)34(19-43(70)83)73-63(49)94/h6-11,14-18,20,23-24,29,33-34,42,46-52,54-55,57-58,66,72,79-81,84-85,87-89H,12-13,19,21-22,71H2,1-5H3,(H2,70,83)(H,73,94)(H,74,91)(H,75,93)(H,76,95)(H,77,90)(H,78,92)(H,96,97)/t24-,29-,33+,34-,42+,46+,47+,48+,49+,50-,51+,52+,54-,55-,57+,58+,66+,67-/m0/s1. The van der Waals surface area contributed by atoms with Crippen molar-refractivity contribution in [3.63, 3.8) is 0 Å². The molecular weight excluding hydrogens is 1390 g/mol. The number of hydrogen-bond donors (Lipinski definition) is 18. The summed E-state index contributed by atoms with van der Waals surface area (Å²) in [5.74, 6) is -19.8. The fourth-order valence-corrected chi connectivity index (χ4v) is 13.6. The zero-order valence-corrected chi connectivity index (χ0v) is 56.4. The molecule has 0 spiro atoms. The number of carboxylic acids is 1. The van der Waals surface area contributed by atoms with E-state index in [1.165, 1.54) is 19.2 Å². The van der Waals surface area contributed by atoms with Gasteiger partial charge in [0.1, 0.15) is 89.8 Å². The lowest BCUT2D eigenvalue weighted by molar-refractivity contribution is -0.299. The number of nitrogens with one attached hydrogen (secondary N) is 7. The first kappa shape index (κ1) is 75.3. The second kappa shape index (κ2) is 30.3. The molecular formula is C67H75Cl2N9O24. The molecule has 20 N–H and O–H groups in total. The maximum atomic E-state index is 16.0. The number of allylic oxidation sites excluding steroid dienone is 2. The van der Waals surface area contributed by atoms with E-state index in [0.717, 1.165) is 54.6 Å². The third kappa shape index (κ3) is 15.5. The van der Waals surface area contributed by atoms with Gasteiger partial charge in [-0.05, 0) is 116 Å². The predicted octanol–water partition coefficient (Wildman–Crippen LogP) is -0.634. The lowest BCUT2D eigenvalue weighted by Gasteiger charge is -2.47. The van der Waals surface area contributed by atoms with Crippen molar-refractivity contribution in [3.8, 4) is 34.5 Å². The van der Waals surface area contributed by atoms with Crippen LogP contribution in [0, 0.1) is 11.8 Å². The van der Waals surface area contributed by atoms with Crippen molar-refractivity contribution in [2.75, 3.05) is 13.7 Å². The number of benzene rings is 4. The average molecular weight is 1460 g/mol. The summed E-state index contributed by atoms with van der Waals surface area (Å²) in [6.07, 6.45) is -16.0. The first-order valence-electron chi connectivity index (χ1n) is 32.1. The van der Waals surface area contributed by atoms with E-state index in [1.54, 1.807) is 13.8 Å². The highest BCUT2D eigenvalue weighted by Crippen LogP contribution is 2.49. The topological polar surface area (TPSA) is 535 Å². The van der Waals surface area contributed by atoms with E-state index in [0.29, 0.717) is 6.08 Å². The number of phenols is 1. The number of aromatic hydroxyl groups is 1. The van der Waals surface area contributed by atoms with Crippen LogP contribution in [0.15, 0.2) is 84.1 Å². The number of carboxylic acid groups (broad SMARTS) is 1. The molecule has 0 unspecified atom stereocenters. The summed E-state index contributed by atoms with van der Waals surface area (Å²) in [5, 5.41) is 119. The number of carbonyl (C=O) groups is 10. The van der Waals surface area contributed by atoms with Crippen LogP contribution in [0.25, 0.3) is 5.57 Å². The number of aliphatic carboxylic acids is 1. The zero-order chi connectivity index (χ0) is 74.4. The molecule has 12 rings (SSSR count). The number of primary amides is 1. The van der Waals surface area contributed by atoms with Crippen molar-refractivity contribution >= 4 is 87.7 Å². The van der Waals surface area contributed by atoms with Crippen LogP contribution in [0.4, 0.5) is 0 Å². The van der Waals surface area contributed by atoms with Crippen LogP contribution in [-0.2, 0) is 57.4 Å². The van der Waals surface area contributed by atoms with Crippen LogP contribution in [0.2, 0.25) is 10.0 Å². The Morgan fingerprint density at radius 1 is 0.745 bits per heavy atom. The highest BCUT2D eigenvalue weighted by atomic mass is 35.5. The lowest BCUT2D eigenvalue weighted by Crippen LogP contribution is -2.63. The number of hydrogen-bond acceptors (Lipinski definition) is 25.